The predicted molar refractivity (Wildman–Crippen MR) is 147 cm³/mol. The zero-order chi connectivity index (χ0) is 30.4. The van der Waals surface area contributed by atoms with E-state index in [-0.39, 0.29) is 17.0 Å². The number of amides is 2. The number of aryl methyl sites for hydroxylation is 1. The average molecular weight is 594 g/mol. The monoisotopic (exact) mass is 593 g/mol. The van der Waals surface area contributed by atoms with Crippen LogP contribution in [0.15, 0.2) is 77.7 Å². The second kappa shape index (κ2) is 13.2. The number of alkyl halides is 3. The molecule has 2 amide bonds. The van der Waals surface area contributed by atoms with Crippen LogP contribution in [-0.2, 0) is 32.3 Å². The summed E-state index contributed by atoms with van der Waals surface area (Å²) in [6, 6.07) is 13.6. The maximum Gasteiger partial charge on any atom is 0.416 e. The first kappa shape index (κ1) is 31.6. The molecule has 0 unspecified atom stereocenters. The highest BCUT2D eigenvalue weighted by Gasteiger charge is 2.35. The van der Waals surface area contributed by atoms with Gasteiger partial charge in [0.2, 0.25) is 11.8 Å². The molecule has 1 N–H and O–H groups in total. The number of sulfonamides is 1. The molecule has 0 fully saturated rings. The number of halogens is 4. The quantitative estimate of drug-likeness (QED) is 0.306. The molecule has 1 atom stereocenters. The molecule has 7 nitrogen and oxygen atoms in total. The van der Waals surface area contributed by atoms with Gasteiger partial charge in [-0.15, -0.1) is 0 Å². The number of rotatable bonds is 11. The summed E-state index contributed by atoms with van der Waals surface area (Å²) in [7, 11) is -4.56. The SMILES string of the molecule is CCCNC(=O)[C@H](C)N(Cc1ccccc1F)C(=O)CN(c1cccc(C(F)(F)F)c1)S(=O)(=O)c1ccc(C)cc1. The van der Waals surface area contributed by atoms with Gasteiger partial charge in [-0.2, -0.15) is 13.2 Å². The molecular weight excluding hydrogens is 562 g/mol. The number of hydrogen-bond acceptors (Lipinski definition) is 4. The van der Waals surface area contributed by atoms with Crippen LogP contribution in [0.25, 0.3) is 0 Å². The van der Waals surface area contributed by atoms with Gasteiger partial charge in [0.15, 0.2) is 0 Å². The van der Waals surface area contributed by atoms with E-state index in [0.717, 1.165) is 28.7 Å². The third-order valence-corrected chi connectivity index (χ3v) is 8.15. The number of benzene rings is 3. The van der Waals surface area contributed by atoms with Crippen LogP contribution >= 0.6 is 0 Å². The zero-order valence-corrected chi connectivity index (χ0v) is 23.6. The summed E-state index contributed by atoms with van der Waals surface area (Å²) in [5.41, 5.74) is -0.693. The van der Waals surface area contributed by atoms with E-state index in [1.165, 1.54) is 49.4 Å². The predicted octanol–water partition coefficient (Wildman–Crippen LogP) is 5.29. The maximum absolute atomic E-state index is 14.6. The highest BCUT2D eigenvalue weighted by atomic mass is 32.2. The summed E-state index contributed by atoms with van der Waals surface area (Å²) < 4.78 is 83.3. The van der Waals surface area contributed by atoms with E-state index >= 15 is 0 Å². The Kier molecular flexibility index (Phi) is 10.1. The molecule has 0 heterocycles. The lowest BCUT2D eigenvalue weighted by molar-refractivity contribution is -0.139. The van der Waals surface area contributed by atoms with E-state index in [2.05, 4.69) is 5.32 Å². The second-order valence-corrected chi connectivity index (χ2v) is 11.3. The van der Waals surface area contributed by atoms with E-state index in [0.29, 0.717) is 23.3 Å². The van der Waals surface area contributed by atoms with Crippen LogP contribution in [0.1, 0.15) is 37.0 Å². The van der Waals surface area contributed by atoms with Crippen LogP contribution in [0.5, 0.6) is 0 Å². The number of hydrogen-bond donors (Lipinski definition) is 1. The van der Waals surface area contributed by atoms with Crippen molar-refractivity contribution in [3.05, 3.63) is 95.3 Å². The summed E-state index contributed by atoms with van der Waals surface area (Å²) in [6.45, 7) is 3.95. The first-order chi connectivity index (χ1) is 19.3. The molecule has 12 heteroatoms. The van der Waals surface area contributed by atoms with Gasteiger partial charge in [0.1, 0.15) is 18.4 Å². The minimum absolute atomic E-state index is 0.0722. The molecule has 0 aliphatic heterocycles. The van der Waals surface area contributed by atoms with Crippen molar-refractivity contribution in [2.24, 2.45) is 0 Å². The summed E-state index contributed by atoms with van der Waals surface area (Å²) in [4.78, 5) is 27.4. The fraction of sp³-hybridized carbons (Fsp3) is 0.310. The third-order valence-electron chi connectivity index (χ3n) is 6.36. The molecule has 0 aliphatic rings. The average Bonchev–Trinajstić information content (AvgIpc) is 2.93. The normalized spacial score (nSPS) is 12.5. The van der Waals surface area contributed by atoms with E-state index in [4.69, 9.17) is 0 Å². The standard InChI is InChI=1S/C29H31F4N3O4S/c1-4-16-34-28(38)21(3)35(18-22-8-5-6-11-26(22)30)27(37)19-36(24-10-7-9-23(17-24)29(31,32)33)41(39,40)25-14-12-20(2)13-15-25/h5-15,17,21H,4,16,18-19H2,1-3H3,(H,34,38)/t21-/m0/s1. The van der Waals surface area contributed by atoms with Gasteiger partial charge in [-0.1, -0.05) is 48.9 Å². The molecule has 0 saturated carbocycles. The molecule has 3 aromatic rings. The first-order valence-electron chi connectivity index (χ1n) is 12.8. The summed E-state index contributed by atoms with van der Waals surface area (Å²) >= 11 is 0. The van der Waals surface area contributed by atoms with Crippen molar-refractivity contribution in [2.45, 2.75) is 50.9 Å². The number of carbonyl (C=O) groups is 2. The van der Waals surface area contributed by atoms with Crippen molar-refractivity contribution in [3.8, 4) is 0 Å². The third kappa shape index (κ3) is 7.84. The Hall–Kier alpha value is -3.93. The van der Waals surface area contributed by atoms with Gasteiger partial charge in [-0.05, 0) is 56.7 Å². The molecule has 0 saturated heterocycles. The van der Waals surface area contributed by atoms with Gasteiger partial charge in [-0.25, -0.2) is 12.8 Å². The van der Waals surface area contributed by atoms with Crippen LogP contribution in [0.3, 0.4) is 0 Å². The highest BCUT2D eigenvalue weighted by molar-refractivity contribution is 7.92. The van der Waals surface area contributed by atoms with Crippen LogP contribution in [0.4, 0.5) is 23.2 Å². The number of nitrogens with zero attached hydrogens (tertiary/aromatic N) is 2. The van der Waals surface area contributed by atoms with Crippen molar-refractivity contribution in [3.63, 3.8) is 0 Å². The highest BCUT2D eigenvalue weighted by Crippen LogP contribution is 2.33. The Morgan fingerprint density at radius 3 is 2.24 bits per heavy atom. The van der Waals surface area contributed by atoms with Crippen LogP contribution < -0.4 is 9.62 Å². The number of carbonyl (C=O) groups excluding carboxylic acids is 2. The van der Waals surface area contributed by atoms with Crippen LogP contribution in [-0.4, -0.2) is 44.3 Å². The largest absolute Gasteiger partial charge is 0.416 e. The fourth-order valence-electron chi connectivity index (χ4n) is 3.99. The molecule has 3 aromatic carbocycles. The number of anilines is 1. The van der Waals surface area contributed by atoms with Crippen molar-refractivity contribution >= 4 is 27.5 Å². The molecule has 3 rings (SSSR count). The van der Waals surface area contributed by atoms with Gasteiger partial charge >= 0.3 is 6.18 Å². The first-order valence-corrected chi connectivity index (χ1v) is 14.3. The van der Waals surface area contributed by atoms with Crippen molar-refractivity contribution in [2.75, 3.05) is 17.4 Å². The molecule has 220 valence electrons. The minimum atomic E-state index is -4.78. The lowest BCUT2D eigenvalue weighted by atomic mass is 10.1. The van der Waals surface area contributed by atoms with Gasteiger partial charge in [0, 0.05) is 18.7 Å². The Morgan fingerprint density at radius 1 is 0.976 bits per heavy atom. The summed E-state index contributed by atoms with van der Waals surface area (Å²) in [5.74, 6) is -2.11. The molecule has 0 spiro atoms. The van der Waals surface area contributed by atoms with Gasteiger partial charge in [-0.3, -0.25) is 13.9 Å². The Labute approximate surface area is 236 Å². The van der Waals surface area contributed by atoms with Crippen LogP contribution in [0, 0.1) is 12.7 Å². The van der Waals surface area contributed by atoms with E-state index < -0.39 is 57.7 Å². The Bertz CT molecular complexity index is 1480. The molecule has 0 radical (unpaired) electrons. The second-order valence-electron chi connectivity index (χ2n) is 9.45. The lowest BCUT2D eigenvalue weighted by Crippen LogP contribution is -2.51. The molecule has 0 aromatic heterocycles. The van der Waals surface area contributed by atoms with E-state index in [1.54, 1.807) is 13.0 Å². The zero-order valence-electron chi connectivity index (χ0n) is 22.8. The van der Waals surface area contributed by atoms with E-state index in [1.807, 2.05) is 6.92 Å². The molecule has 0 aliphatic carbocycles. The van der Waals surface area contributed by atoms with E-state index in [9.17, 15) is 35.6 Å². The molecule has 41 heavy (non-hydrogen) atoms. The van der Waals surface area contributed by atoms with Crippen molar-refractivity contribution in [1.29, 1.82) is 0 Å². The van der Waals surface area contributed by atoms with Gasteiger partial charge in [0.05, 0.1) is 16.1 Å². The Morgan fingerprint density at radius 2 is 1.63 bits per heavy atom. The topological polar surface area (TPSA) is 86.8 Å². The van der Waals surface area contributed by atoms with Gasteiger partial charge in [0.25, 0.3) is 10.0 Å². The summed E-state index contributed by atoms with van der Waals surface area (Å²) in [6.07, 6.45) is -4.17. The minimum Gasteiger partial charge on any atom is -0.354 e. The van der Waals surface area contributed by atoms with Crippen LogP contribution in [0.2, 0.25) is 0 Å². The lowest BCUT2D eigenvalue weighted by Gasteiger charge is -2.32. The maximum atomic E-state index is 14.6. The van der Waals surface area contributed by atoms with Gasteiger partial charge < -0.3 is 10.2 Å². The van der Waals surface area contributed by atoms with Crippen molar-refractivity contribution < 1.29 is 35.6 Å². The fourth-order valence-corrected chi connectivity index (χ4v) is 5.40. The summed E-state index contributed by atoms with van der Waals surface area (Å²) in [5, 5.41) is 2.65. The smallest absolute Gasteiger partial charge is 0.354 e. The molecule has 0 bridgehead atoms. The van der Waals surface area contributed by atoms with Crippen molar-refractivity contribution in [1.82, 2.24) is 10.2 Å². The Balaban J connectivity index is 2.09. The molecular formula is C29H31F4N3O4S. The number of nitrogens with one attached hydrogen (secondary N) is 1.